The zero-order valence-corrected chi connectivity index (χ0v) is 15.5. The first-order valence-corrected chi connectivity index (χ1v) is 9.56. The maximum absolute atomic E-state index is 13.1. The number of carbonyl (C=O) groups is 1. The van der Waals surface area contributed by atoms with E-state index in [1.54, 1.807) is 6.20 Å². The molecule has 4 rings (SSSR count). The molecule has 3 atom stereocenters. The average molecular weight is 368 g/mol. The van der Waals surface area contributed by atoms with Gasteiger partial charge in [-0.25, -0.2) is 14.2 Å². The number of carbonyl (C=O) groups excluding carboxylic acids is 1. The molecule has 1 saturated carbocycles. The average Bonchev–Trinajstić information content (AvgIpc) is 3.47. The fourth-order valence-electron chi connectivity index (χ4n) is 3.88. The van der Waals surface area contributed by atoms with E-state index in [-0.39, 0.29) is 23.9 Å². The van der Waals surface area contributed by atoms with Crippen LogP contribution in [0.2, 0.25) is 0 Å². The van der Waals surface area contributed by atoms with Crippen LogP contribution >= 0.6 is 0 Å². The van der Waals surface area contributed by atoms with Crippen LogP contribution in [-0.4, -0.2) is 48.1 Å². The smallest absolute Gasteiger partial charge is 0.317 e. The summed E-state index contributed by atoms with van der Waals surface area (Å²) >= 11 is 0. The first kappa shape index (κ1) is 17.8. The molecule has 1 aliphatic heterocycles. The predicted octanol–water partition coefficient (Wildman–Crippen LogP) is 3.39. The van der Waals surface area contributed by atoms with Crippen LogP contribution in [0.25, 0.3) is 0 Å². The molecule has 0 bridgehead atoms. The Balaban J connectivity index is 1.32. The van der Waals surface area contributed by atoms with Crippen LogP contribution in [0.4, 0.5) is 15.0 Å². The van der Waals surface area contributed by atoms with Gasteiger partial charge in [0.05, 0.1) is 6.04 Å². The van der Waals surface area contributed by atoms with Gasteiger partial charge in [0.15, 0.2) is 0 Å². The summed E-state index contributed by atoms with van der Waals surface area (Å²) in [5.74, 6) is 1.03. The molecule has 1 saturated heterocycles. The SMILES string of the molecule is CN(C(=O)N[C@H]1C[C@@H]1c1ccc(F)cc1)[C@@H]1CCCN(c2ccccn2)C1. The number of pyridine rings is 1. The van der Waals surface area contributed by atoms with Crippen LogP contribution in [0, 0.1) is 5.82 Å². The van der Waals surface area contributed by atoms with Gasteiger partial charge in [0.1, 0.15) is 11.6 Å². The third-order valence-electron chi connectivity index (χ3n) is 5.64. The van der Waals surface area contributed by atoms with E-state index in [0.717, 1.165) is 43.7 Å². The van der Waals surface area contributed by atoms with E-state index in [2.05, 4.69) is 15.2 Å². The topological polar surface area (TPSA) is 48.5 Å². The van der Waals surface area contributed by atoms with Crippen molar-refractivity contribution in [3.05, 3.63) is 60.0 Å². The summed E-state index contributed by atoms with van der Waals surface area (Å²) in [6.07, 6.45) is 4.76. The first-order chi connectivity index (χ1) is 13.1. The van der Waals surface area contributed by atoms with Crippen LogP contribution in [0.3, 0.4) is 0 Å². The lowest BCUT2D eigenvalue weighted by atomic mass is 10.0. The van der Waals surface area contributed by atoms with Gasteiger partial charge in [-0.1, -0.05) is 18.2 Å². The lowest BCUT2D eigenvalue weighted by molar-refractivity contribution is 0.182. The Labute approximate surface area is 159 Å². The predicted molar refractivity (Wildman–Crippen MR) is 103 cm³/mol. The molecule has 6 heteroatoms. The third kappa shape index (κ3) is 4.04. The number of benzene rings is 1. The van der Waals surface area contributed by atoms with Crippen molar-refractivity contribution < 1.29 is 9.18 Å². The second-order valence-electron chi connectivity index (χ2n) is 7.49. The van der Waals surface area contributed by atoms with Gasteiger partial charge in [-0.05, 0) is 49.1 Å². The Morgan fingerprint density at radius 1 is 1.26 bits per heavy atom. The van der Waals surface area contributed by atoms with Crippen molar-refractivity contribution in [2.45, 2.75) is 37.3 Å². The highest BCUT2D eigenvalue weighted by molar-refractivity contribution is 5.75. The van der Waals surface area contributed by atoms with E-state index < -0.39 is 0 Å². The van der Waals surface area contributed by atoms with Crippen molar-refractivity contribution in [2.75, 3.05) is 25.0 Å². The van der Waals surface area contributed by atoms with Crippen LogP contribution < -0.4 is 10.2 Å². The van der Waals surface area contributed by atoms with E-state index in [9.17, 15) is 9.18 Å². The highest BCUT2D eigenvalue weighted by Gasteiger charge is 2.40. The second kappa shape index (κ2) is 7.55. The van der Waals surface area contributed by atoms with Gasteiger partial charge in [-0.2, -0.15) is 0 Å². The molecule has 2 aromatic rings. The maximum Gasteiger partial charge on any atom is 0.317 e. The number of anilines is 1. The molecule has 1 aliphatic carbocycles. The fourth-order valence-corrected chi connectivity index (χ4v) is 3.88. The first-order valence-electron chi connectivity index (χ1n) is 9.56. The molecule has 1 aromatic heterocycles. The van der Waals surface area contributed by atoms with Gasteiger partial charge >= 0.3 is 6.03 Å². The molecule has 5 nitrogen and oxygen atoms in total. The molecular formula is C21H25FN4O. The molecular weight excluding hydrogens is 343 g/mol. The Hall–Kier alpha value is -2.63. The number of piperidine rings is 1. The maximum atomic E-state index is 13.1. The summed E-state index contributed by atoms with van der Waals surface area (Å²) in [5.41, 5.74) is 1.09. The minimum atomic E-state index is -0.227. The normalized spacial score (nSPS) is 24.4. The zero-order chi connectivity index (χ0) is 18.8. The summed E-state index contributed by atoms with van der Waals surface area (Å²) in [6, 6.07) is 12.8. The molecule has 2 amide bonds. The Morgan fingerprint density at radius 2 is 2.07 bits per heavy atom. The van der Waals surface area contributed by atoms with Gasteiger partial charge in [-0.3, -0.25) is 0 Å². The van der Waals surface area contributed by atoms with Crippen molar-refractivity contribution in [2.24, 2.45) is 0 Å². The number of urea groups is 1. The van der Waals surface area contributed by atoms with E-state index in [1.807, 2.05) is 42.3 Å². The summed E-state index contributed by atoms with van der Waals surface area (Å²) in [4.78, 5) is 21.2. The molecule has 0 spiro atoms. The van der Waals surface area contributed by atoms with Crippen LogP contribution in [0.5, 0.6) is 0 Å². The van der Waals surface area contributed by atoms with Crippen molar-refractivity contribution in [1.82, 2.24) is 15.2 Å². The summed E-state index contributed by atoms with van der Waals surface area (Å²) in [6.45, 7) is 1.77. The number of amides is 2. The second-order valence-corrected chi connectivity index (χ2v) is 7.49. The fraction of sp³-hybridized carbons (Fsp3) is 0.429. The van der Waals surface area contributed by atoms with Crippen LogP contribution in [0.1, 0.15) is 30.7 Å². The number of nitrogens with zero attached hydrogens (tertiary/aromatic N) is 3. The number of hydrogen-bond acceptors (Lipinski definition) is 3. The molecule has 142 valence electrons. The number of hydrogen-bond donors (Lipinski definition) is 1. The zero-order valence-electron chi connectivity index (χ0n) is 15.5. The molecule has 2 heterocycles. The van der Waals surface area contributed by atoms with Crippen molar-refractivity contribution in [3.8, 4) is 0 Å². The number of aromatic nitrogens is 1. The van der Waals surface area contributed by atoms with E-state index in [1.165, 1.54) is 12.1 Å². The van der Waals surface area contributed by atoms with Gasteiger partial charge in [0.2, 0.25) is 0 Å². The Morgan fingerprint density at radius 3 is 2.81 bits per heavy atom. The van der Waals surface area contributed by atoms with E-state index in [4.69, 9.17) is 0 Å². The van der Waals surface area contributed by atoms with Crippen molar-refractivity contribution >= 4 is 11.8 Å². The van der Waals surface area contributed by atoms with Gasteiger partial charge in [-0.15, -0.1) is 0 Å². The molecule has 2 aliphatic rings. The summed E-state index contributed by atoms with van der Waals surface area (Å²) in [7, 11) is 1.87. The van der Waals surface area contributed by atoms with Crippen LogP contribution in [-0.2, 0) is 0 Å². The standard InChI is InChI=1S/C21H25FN4O/c1-25(17-5-4-12-26(14-17)20-6-2-3-11-23-20)21(27)24-19-13-18(19)15-7-9-16(22)10-8-15/h2-3,6-11,17-19H,4-5,12-14H2,1H3,(H,24,27)/t17-,18-,19+/m1/s1. The minimum absolute atomic E-state index is 0.0301. The largest absolute Gasteiger partial charge is 0.355 e. The summed E-state index contributed by atoms with van der Waals surface area (Å²) in [5, 5.41) is 3.13. The Bertz CT molecular complexity index is 783. The molecule has 0 radical (unpaired) electrons. The van der Waals surface area contributed by atoms with E-state index in [0.29, 0.717) is 5.92 Å². The molecule has 2 fully saturated rings. The molecule has 1 aromatic carbocycles. The van der Waals surface area contributed by atoms with Crippen LogP contribution in [0.15, 0.2) is 48.7 Å². The molecule has 1 N–H and O–H groups in total. The van der Waals surface area contributed by atoms with Gasteiger partial charge in [0.25, 0.3) is 0 Å². The number of nitrogens with one attached hydrogen (secondary N) is 1. The minimum Gasteiger partial charge on any atom is -0.355 e. The monoisotopic (exact) mass is 368 g/mol. The summed E-state index contributed by atoms with van der Waals surface area (Å²) < 4.78 is 13.1. The lowest BCUT2D eigenvalue weighted by Crippen LogP contribution is -2.52. The molecule has 0 unspecified atom stereocenters. The third-order valence-corrected chi connectivity index (χ3v) is 5.64. The lowest BCUT2D eigenvalue weighted by Gasteiger charge is -2.38. The Kier molecular flexibility index (Phi) is 4.97. The van der Waals surface area contributed by atoms with E-state index >= 15 is 0 Å². The van der Waals surface area contributed by atoms with Crippen molar-refractivity contribution in [3.63, 3.8) is 0 Å². The van der Waals surface area contributed by atoms with Gasteiger partial charge < -0.3 is 15.1 Å². The number of rotatable bonds is 4. The van der Waals surface area contributed by atoms with Gasteiger partial charge in [0, 0.05) is 38.3 Å². The highest BCUT2D eigenvalue weighted by Crippen LogP contribution is 2.40. The number of halogens is 1. The molecule has 27 heavy (non-hydrogen) atoms. The number of likely N-dealkylation sites (N-methyl/N-ethyl adjacent to an activating group) is 1. The highest BCUT2D eigenvalue weighted by atomic mass is 19.1. The quantitative estimate of drug-likeness (QED) is 0.900. The van der Waals surface area contributed by atoms with Crippen molar-refractivity contribution in [1.29, 1.82) is 0 Å².